The Kier molecular flexibility index (Phi) is 5.76. The van der Waals surface area contributed by atoms with E-state index >= 15 is 0 Å². The van der Waals surface area contributed by atoms with Gasteiger partial charge in [-0.05, 0) is 74.4 Å². The first-order valence-electron chi connectivity index (χ1n) is 6.70. The summed E-state index contributed by atoms with van der Waals surface area (Å²) in [5.74, 6) is 0.384. The highest BCUT2D eigenvalue weighted by molar-refractivity contribution is 5.33. The molecule has 0 aliphatic rings. The molecular weight excluding hydrogens is 227 g/mol. The molecule has 0 aliphatic carbocycles. The van der Waals surface area contributed by atoms with Gasteiger partial charge in [0.15, 0.2) is 0 Å². The number of aryl methyl sites for hydroxylation is 2. The van der Waals surface area contributed by atoms with Crippen LogP contribution in [0.5, 0.6) is 0 Å². The van der Waals surface area contributed by atoms with Crippen molar-refractivity contribution in [2.45, 2.75) is 39.5 Å². The first-order chi connectivity index (χ1) is 8.53. The summed E-state index contributed by atoms with van der Waals surface area (Å²) in [5.41, 5.74) is 14.3. The predicted octanol–water partition coefficient (Wildman–Crippen LogP) is 2.86. The highest BCUT2D eigenvalue weighted by Crippen LogP contribution is 2.30. The van der Waals surface area contributed by atoms with Gasteiger partial charge >= 0.3 is 0 Å². The predicted molar refractivity (Wildman–Crippen MR) is 75.1 cm³/mol. The van der Waals surface area contributed by atoms with Gasteiger partial charge in [0, 0.05) is 0 Å². The maximum Gasteiger partial charge on any atom is 0.126 e. The van der Waals surface area contributed by atoms with Crippen LogP contribution in [-0.2, 0) is 0 Å². The first-order valence-corrected chi connectivity index (χ1v) is 6.70. The quantitative estimate of drug-likeness (QED) is 0.818. The molecule has 3 heteroatoms. The van der Waals surface area contributed by atoms with Crippen molar-refractivity contribution in [3.05, 3.63) is 34.6 Å². The van der Waals surface area contributed by atoms with Crippen molar-refractivity contribution in [3.63, 3.8) is 0 Å². The van der Waals surface area contributed by atoms with E-state index in [0.717, 1.165) is 29.5 Å². The molecule has 0 spiro atoms. The Bertz CT molecular complexity index is 386. The standard InChI is InChI=1S/C15H25FN2/c1-4-13(7-12(8-17)9-18)14-5-10(2)11(3)6-15(14)16/h5-6,12-13H,4,7-9,17-18H2,1-3H3. The smallest absolute Gasteiger partial charge is 0.126 e. The van der Waals surface area contributed by atoms with Crippen molar-refractivity contribution in [3.8, 4) is 0 Å². The lowest BCUT2D eigenvalue weighted by atomic mass is 9.85. The summed E-state index contributed by atoms with van der Waals surface area (Å²) in [6.45, 7) is 7.18. The molecule has 0 aromatic heterocycles. The lowest BCUT2D eigenvalue weighted by Crippen LogP contribution is -2.25. The largest absolute Gasteiger partial charge is 0.330 e. The number of hydrogen-bond donors (Lipinski definition) is 2. The molecule has 0 bridgehead atoms. The van der Waals surface area contributed by atoms with Gasteiger partial charge in [0.25, 0.3) is 0 Å². The second kappa shape index (κ2) is 6.86. The minimum absolute atomic E-state index is 0.0993. The zero-order valence-electron chi connectivity index (χ0n) is 11.7. The molecule has 0 aliphatic heterocycles. The molecule has 1 unspecified atom stereocenters. The Balaban J connectivity index is 2.98. The van der Waals surface area contributed by atoms with Gasteiger partial charge in [0.05, 0.1) is 0 Å². The summed E-state index contributed by atoms with van der Waals surface area (Å²) >= 11 is 0. The van der Waals surface area contributed by atoms with Crippen molar-refractivity contribution in [1.82, 2.24) is 0 Å². The Morgan fingerprint density at radius 3 is 2.17 bits per heavy atom. The van der Waals surface area contributed by atoms with Gasteiger partial charge in [0.1, 0.15) is 5.82 Å². The Morgan fingerprint density at radius 1 is 1.11 bits per heavy atom. The molecule has 1 aromatic carbocycles. The van der Waals surface area contributed by atoms with Crippen molar-refractivity contribution >= 4 is 0 Å². The zero-order valence-corrected chi connectivity index (χ0v) is 11.7. The number of nitrogens with two attached hydrogens (primary N) is 2. The van der Waals surface area contributed by atoms with Gasteiger partial charge in [-0.3, -0.25) is 0 Å². The van der Waals surface area contributed by atoms with Crippen LogP contribution < -0.4 is 11.5 Å². The highest BCUT2D eigenvalue weighted by atomic mass is 19.1. The van der Waals surface area contributed by atoms with Crippen LogP contribution >= 0.6 is 0 Å². The molecule has 2 nitrogen and oxygen atoms in total. The second-order valence-electron chi connectivity index (χ2n) is 5.14. The summed E-state index contributed by atoms with van der Waals surface area (Å²) in [6.07, 6.45) is 1.78. The van der Waals surface area contributed by atoms with Crippen LogP contribution in [0, 0.1) is 25.6 Å². The maximum absolute atomic E-state index is 14.1. The maximum atomic E-state index is 14.1. The third-order valence-corrected chi connectivity index (χ3v) is 3.83. The van der Waals surface area contributed by atoms with E-state index in [2.05, 4.69) is 6.92 Å². The van der Waals surface area contributed by atoms with Crippen LogP contribution in [-0.4, -0.2) is 13.1 Å². The fourth-order valence-electron chi connectivity index (χ4n) is 2.32. The number of rotatable bonds is 6. The van der Waals surface area contributed by atoms with Crippen LogP contribution in [0.4, 0.5) is 4.39 Å². The van der Waals surface area contributed by atoms with Gasteiger partial charge in [-0.2, -0.15) is 0 Å². The van der Waals surface area contributed by atoms with Gasteiger partial charge in [-0.25, -0.2) is 4.39 Å². The first kappa shape index (κ1) is 15.1. The average Bonchev–Trinajstić information content (AvgIpc) is 2.36. The lowest BCUT2D eigenvalue weighted by molar-refractivity contribution is 0.431. The molecule has 1 atom stereocenters. The van der Waals surface area contributed by atoms with E-state index < -0.39 is 0 Å². The van der Waals surface area contributed by atoms with Gasteiger partial charge in [0.2, 0.25) is 0 Å². The summed E-state index contributed by atoms with van der Waals surface area (Å²) in [7, 11) is 0. The highest BCUT2D eigenvalue weighted by Gasteiger charge is 2.18. The van der Waals surface area contributed by atoms with E-state index in [4.69, 9.17) is 11.5 Å². The summed E-state index contributed by atoms with van der Waals surface area (Å²) in [4.78, 5) is 0. The molecule has 0 fully saturated rings. The molecular formula is C15H25FN2. The molecule has 0 radical (unpaired) electrons. The van der Waals surface area contributed by atoms with E-state index in [1.807, 2.05) is 19.9 Å². The molecule has 18 heavy (non-hydrogen) atoms. The topological polar surface area (TPSA) is 52.0 Å². The summed E-state index contributed by atoms with van der Waals surface area (Å²) in [6, 6.07) is 3.61. The molecule has 102 valence electrons. The van der Waals surface area contributed by atoms with Crippen LogP contribution in [0.15, 0.2) is 12.1 Å². The van der Waals surface area contributed by atoms with Crippen molar-refractivity contribution in [2.24, 2.45) is 17.4 Å². The minimum atomic E-state index is -0.0993. The molecule has 0 heterocycles. The number of benzene rings is 1. The van der Waals surface area contributed by atoms with Crippen LogP contribution in [0.3, 0.4) is 0 Å². The Hall–Kier alpha value is -0.930. The van der Waals surface area contributed by atoms with E-state index in [0.29, 0.717) is 13.1 Å². The fourth-order valence-corrected chi connectivity index (χ4v) is 2.32. The van der Waals surface area contributed by atoms with Crippen LogP contribution in [0.2, 0.25) is 0 Å². The van der Waals surface area contributed by atoms with Crippen LogP contribution in [0.25, 0.3) is 0 Å². The number of halogens is 1. The Morgan fingerprint density at radius 2 is 1.67 bits per heavy atom. The summed E-state index contributed by atoms with van der Waals surface area (Å²) < 4.78 is 14.1. The molecule has 4 N–H and O–H groups in total. The van der Waals surface area contributed by atoms with Crippen molar-refractivity contribution in [1.29, 1.82) is 0 Å². The third-order valence-electron chi connectivity index (χ3n) is 3.83. The summed E-state index contributed by atoms with van der Waals surface area (Å²) in [5, 5.41) is 0. The molecule has 1 aromatic rings. The second-order valence-corrected chi connectivity index (χ2v) is 5.14. The molecule has 1 rings (SSSR count). The average molecular weight is 252 g/mol. The van der Waals surface area contributed by atoms with Gasteiger partial charge < -0.3 is 11.5 Å². The zero-order chi connectivity index (χ0) is 13.7. The molecule has 0 saturated heterocycles. The van der Waals surface area contributed by atoms with Gasteiger partial charge in [-0.15, -0.1) is 0 Å². The van der Waals surface area contributed by atoms with E-state index in [-0.39, 0.29) is 17.7 Å². The normalized spacial score (nSPS) is 13.1. The van der Waals surface area contributed by atoms with Crippen LogP contribution in [0.1, 0.15) is 42.4 Å². The SMILES string of the molecule is CCC(CC(CN)CN)c1cc(C)c(C)cc1F. The number of hydrogen-bond acceptors (Lipinski definition) is 2. The van der Waals surface area contributed by atoms with Gasteiger partial charge in [-0.1, -0.05) is 13.0 Å². The fraction of sp³-hybridized carbons (Fsp3) is 0.600. The Labute approximate surface area is 110 Å². The van der Waals surface area contributed by atoms with Crippen molar-refractivity contribution in [2.75, 3.05) is 13.1 Å². The van der Waals surface area contributed by atoms with E-state index in [9.17, 15) is 4.39 Å². The van der Waals surface area contributed by atoms with E-state index in [1.165, 1.54) is 0 Å². The monoisotopic (exact) mass is 252 g/mol. The van der Waals surface area contributed by atoms with E-state index in [1.54, 1.807) is 6.07 Å². The lowest BCUT2D eigenvalue weighted by Gasteiger charge is -2.22. The molecule has 0 saturated carbocycles. The minimum Gasteiger partial charge on any atom is -0.330 e. The molecule has 0 amide bonds. The van der Waals surface area contributed by atoms with Crippen molar-refractivity contribution < 1.29 is 4.39 Å². The third kappa shape index (κ3) is 3.53.